The molecule has 1 atom stereocenters. The standard InChI is InChI=1S/C7H14O3/c1-6-4-10-5-7(6,8-2)9-3/h6H,4-5H2,1-3H3. The molecule has 0 radical (unpaired) electrons. The minimum absolute atomic E-state index is 0.322. The average Bonchev–Trinajstić information content (AvgIpc) is 2.32. The van der Waals surface area contributed by atoms with Gasteiger partial charge >= 0.3 is 0 Å². The van der Waals surface area contributed by atoms with Gasteiger partial charge in [-0.3, -0.25) is 0 Å². The highest BCUT2D eigenvalue weighted by Gasteiger charge is 2.41. The minimum Gasteiger partial charge on any atom is -0.375 e. The molecule has 1 rings (SSSR count). The highest BCUT2D eigenvalue weighted by molar-refractivity contribution is 4.80. The van der Waals surface area contributed by atoms with Gasteiger partial charge in [0, 0.05) is 20.1 Å². The monoisotopic (exact) mass is 146 g/mol. The highest BCUT2D eigenvalue weighted by atomic mass is 16.7. The van der Waals surface area contributed by atoms with Crippen molar-refractivity contribution in [3.8, 4) is 0 Å². The van der Waals surface area contributed by atoms with Crippen molar-refractivity contribution in [1.29, 1.82) is 0 Å². The third-order valence-electron chi connectivity index (χ3n) is 2.11. The number of hydrogen-bond donors (Lipinski definition) is 0. The SMILES string of the molecule is COC1(OC)COCC1C. The molecule has 0 aromatic rings. The van der Waals surface area contributed by atoms with Crippen LogP contribution < -0.4 is 0 Å². The van der Waals surface area contributed by atoms with Crippen LogP contribution in [-0.4, -0.2) is 33.2 Å². The Hall–Kier alpha value is -0.120. The molecule has 1 unspecified atom stereocenters. The van der Waals surface area contributed by atoms with Crippen molar-refractivity contribution in [3.63, 3.8) is 0 Å². The molecule has 1 heterocycles. The van der Waals surface area contributed by atoms with Crippen LogP contribution in [0.2, 0.25) is 0 Å². The summed E-state index contributed by atoms with van der Waals surface area (Å²) in [6.07, 6.45) is 0. The molecule has 1 aliphatic heterocycles. The maximum Gasteiger partial charge on any atom is 0.196 e. The summed E-state index contributed by atoms with van der Waals surface area (Å²) in [4.78, 5) is 0. The van der Waals surface area contributed by atoms with Crippen LogP contribution >= 0.6 is 0 Å². The number of hydrogen-bond acceptors (Lipinski definition) is 3. The van der Waals surface area contributed by atoms with E-state index in [4.69, 9.17) is 14.2 Å². The van der Waals surface area contributed by atoms with Gasteiger partial charge in [-0.05, 0) is 0 Å². The summed E-state index contributed by atoms with van der Waals surface area (Å²) in [5.41, 5.74) is 0. The molecule has 0 bridgehead atoms. The lowest BCUT2D eigenvalue weighted by Crippen LogP contribution is -2.40. The van der Waals surface area contributed by atoms with E-state index in [9.17, 15) is 0 Å². The Kier molecular flexibility index (Phi) is 2.28. The zero-order valence-electron chi connectivity index (χ0n) is 6.72. The van der Waals surface area contributed by atoms with Gasteiger partial charge in [0.2, 0.25) is 0 Å². The van der Waals surface area contributed by atoms with E-state index in [-0.39, 0.29) is 0 Å². The van der Waals surface area contributed by atoms with Crippen LogP contribution in [0.5, 0.6) is 0 Å². The Morgan fingerprint density at radius 2 is 2.00 bits per heavy atom. The molecule has 0 aliphatic carbocycles. The average molecular weight is 146 g/mol. The van der Waals surface area contributed by atoms with Gasteiger partial charge in [-0.1, -0.05) is 6.92 Å². The van der Waals surface area contributed by atoms with Gasteiger partial charge in [-0.25, -0.2) is 0 Å². The number of ether oxygens (including phenoxy) is 3. The number of rotatable bonds is 2. The topological polar surface area (TPSA) is 27.7 Å². The first-order valence-corrected chi connectivity index (χ1v) is 3.43. The van der Waals surface area contributed by atoms with Crippen molar-refractivity contribution in [3.05, 3.63) is 0 Å². The van der Waals surface area contributed by atoms with Crippen LogP contribution in [0.4, 0.5) is 0 Å². The largest absolute Gasteiger partial charge is 0.375 e. The molecule has 0 aromatic carbocycles. The van der Waals surface area contributed by atoms with Crippen LogP contribution in [0.15, 0.2) is 0 Å². The lowest BCUT2D eigenvalue weighted by Gasteiger charge is -2.28. The fourth-order valence-corrected chi connectivity index (χ4v) is 1.25. The molecule has 0 spiro atoms. The summed E-state index contributed by atoms with van der Waals surface area (Å²) < 4.78 is 15.6. The summed E-state index contributed by atoms with van der Waals surface area (Å²) in [6, 6.07) is 0. The third-order valence-corrected chi connectivity index (χ3v) is 2.11. The predicted octanol–water partition coefficient (Wildman–Crippen LogP) is 0.642. The summed E-state index contributed by atoms with van der Waals surface area (Å²) in [7, 11) is 3.30. The van der Waals surface area contributed by atoms with E-state index in [1.165, 1.54) is 0 Å². The summed E-state index contributed by atoms with van der Waals surface area (Å²) >= 11 is 0. The molecule has 0 N–H and O–H groups in total. The molecule has 0 aromatic heterocycles. The summed E-state index contributed by atoms with van der Waals surface area (Å²) in [5, 5.41) is 0. The van der Waals surface area contributed by atoms with Gasteiger partial charge in [-0.2, -0.15) is 0 Å². The molecule has 3 nitrogen and oxygen atoms in total. The van der Waals surface area contributed by atoms with E-state index in [1.807, 2.05) is 0 Å². The van der Waals surface area contributed by atoms with Crippen molar-refractivity contribution in [2.24, 2.45) is 5.92 Å². The molecule has 1 aliphatic rings. The molecular formula is C7H14O3. The molecule has 1 saturated heterocycles. The fourth-order valence-electron chi connectivity index (χ4n) is 1.25. The Morgan fingerprint density at radius 3 is 2.20 bits per heavy atom. The molecule has 10 heavy (non-hydrogen) atoms. The lowest BCUT2D eigenvalue weighted by molar-refractivity contribution is -0.221. The number of methoxy groups -OCH3 is 2. The zero-order chi connectivity index (χ0) is 7.61. The van der Waals surface area contributed by atoms with E-state index in [1.54, 1.807) is 14.2 Å². The van der Waals surface area contributed by atoms with E-state index in [0.29, 0.717) is 12.5 Å². The Balaban J connectivity index is 2.61. The van der Waals surface area contributed by atoms with E-state index in [2.05, 4.69) is 6.92 Å². The van der Waals surface area contributed by atoms with Crippen molar-refractivity contribution in [1.82, 2.24) is 0 Å². The van der Waals surface area contributed by atoms with Gasteiger partial charge < -0.3 is 14.2 Å². The van der Waals surface area contributed by atoms with Gasteiger partial charge in [0.25, 0.3) is 0 Å². The van der Waals surface area contributed by atoms with Crippen molar-refractivity contribution >= 4 is 0 Å². The second-order valence-corrected chi connectivity index (χ2v) is 2.64. The van der Waals surface area contributed by atoms with E-state index in [0.717, 1.165) is 6.61 Å². The molecule has 3 heteroatoms. The maximum absolute atomic E-state index is 5.21. The Morgan fingerprint density at radius 1 is 1.40 bits per heavy atom. The molecule has 0 saturated carbocycles. The lowest BCUT2D eigenvalue weighted by atomic mass is 10.1. The molecule has 0 amide bonds. The van der Waals surface area contributed by atoms with Gasteiger partial charge in [-0.15, -0.1) is 0 Å². The fraction of sp³-hybridized carbons (Fsp3) is 1.00. The molecule has 60 valence electrons. The highest BCUT2D eigenvalue weighted by Crippen LogP contribution is 2.28. The van der Waals surface area contributed by atoms with Gasteiger partial charge in [0.15, 0.2) is 5.79 Å². The minimum atomic E-state index is -0.486. The smallest absolute Gasteiger partial charge is 0.196 e. The van der Waals surface area contributed by atoms with Crippen LogP contribution in [0.3, 0.4) is 0 Å². The Labute approximate surface area is 61.3 Å². The van der Waals surface area contributed by atoms with Crippen LogP contribution in [0.25, 0.3) is 0 Å². The molecular weight excluding hydrogens is 132 g/mol. The first kappa shape index (κ1) is 7.98. The van der Waals surface area contributed by atoms with Crippen molar-refractivity contribution in [2.45, 2.75) is 12.7 Å². The third kappa shape index (κ3) is 1.05. The van der Waals surface area contributed by atoms with Gasteiger partial charge in [0.1, 0.15) is 6.61 Å². The van der Waals surface area contributed by atoms with Gasteiger partial charge in [0.05, 0.1) is 6.61 Å². The van der Waals surface area contributed by atoms with E-state index < -0.39 is 5.79 Å². The van der Waals surface area contributed by atoms with Crippen LogP contribution in [0, 0.1) is 5.92 Å². The predicted molar refractivity (Wildman–Crippen MR) is 36.7 cm³/mol. The molecule has 1 fully saturated rings. The quantitative estimate of drug-likeness (QED) is 0.535. The van der Waals surface area contributed by atoms with Crippen molar-refractivity contribution in [2.75, 3.05) is 27.4 Å². The second kappa shape index (κ2) is 2.86. The summed E-state index contributed by atoms with van der Waals surface area (Å²) in [5.74, 6) is -0.164. The normalized spacial score (nSPS) is 30.9. The summed E-state index contributed by atoms with van der Waals surface area (Å²) in [6.45, 7) is 3.32. The zero-order valence-corrected chi connectivity index (χ0v) is 6.72. The first-order chi connectivity index (χ1) is 4.75. The van der Waals surface area contributed by atoms with E-state index >= 15 is 0 Å². The van der Waals surface area contributed by atoms with Crippen molar-refractivity contribution < 1.29 is 14.2 Å². The maximum atomic E-state index is 5.21. The first-order valence-electron chi connectivity index (χ1n) is 3.43. The Bertz CT molecular complexity index is 109. The second-order valence-electron chi connectivity index (χ2n) is 2.64. The van der Waals surface area contributed by atoms with Crippen LogP contribution in [-0.2, 0) is 14.2 Å². The van der Waals surface area contributed by atoms with Crippen LogP contribution in [0.1, 0.15) is 6.92 Å².